The second kappa shape index (κ2) is 3.60. The van der Waals surface area contributed by atoms with Crippen molar-refractivity contribution in [2.45, 2.75) is 12.2 Å². The second-order valence-electron chi connectivity index (χ2n) is 4.55. The van der Waals surface area contributed by atoms with E-state index >= 15 is 0 Å². The number of anilines is 1. The molecule has 2 fully saturated rings. The van der Waals surface area contributed by atoms with Gasteiger partial charge in [-0.25, -0.2) is 4.98 Å². The fraction of sp³-hybridized carbons (Fsp3) is 0.545. The number of hydrogen-bond donors (Lipinski definition) is 2. The summed E-state index contributed by atoms with van der Waals surface area (Å²) >= 11 is 0. The maximum absolute atomic E-state index is 12.7. The third kappa shape index (κ3) is 1.86. The first kappa shape index (κ1) is 10.8. The largest absolute Gasteiger partial charge is 0.419 e. The Morgan fingerprint density at radius 1 is 1.29 bits per heavy atom. The minimum absolute atomic E-state index is 0.0422. The van der Waals surface area contributed by atoms with Crippen LogP contribution in [0.2, 0.25) is 0 Å². The lowest BCUT2D eigenvalue weighted by Gasteiger charge is -2.14. The molecule has 1 aromatic rings. The van der Waals surface area contributed by atoms with Crippen LogP contribution in [0, 0.1) is 11.8 Å². The summed E-state index contributed by atoms with van der Waals surface area (Å²) in [6.07, 6.45) is -2.97. The molecule has 3 nitrogen and oxygen atoms in total. The molecule has 0 radical (unpaired) electrons. The van der Waals surface area contributed by atoms with Crippen LogP contribution >= 0.6 is 0 Å². The molecular formula is C11H12F3N3. The van der Waals surface area contributed by atoms with E-state index in [1.165, 1.54) is 12.3 Å². The van der Waals surface area contributed by atoms with Crippen molar-refractivity contribution >= 4 is 5.82 Å². The van der Waals surface area contributed by atoms with Crippen molar-refractivity contribution < 1.29 is 13.2 Å². The van der Waals surface area contributed by atoms with Gasteiger partial charge in [0.25, 0.3) is 0 Å². The molecule has 1 saturated carbocycles. The van der Waals surface area contributed by atoms with Crippen LogP contribution in [-0.2, 0) is 6.18 Å². The number of alkyl halides is 3. The van der Waals surface area contributed by atoms with Crippen LogP contribution in [-0.4, -0.2) is 24.1 Å². The third-order valence-corrected chi connectivity index (χ3v) is 3.51. The predicted octanol–water partition coefficient (Wildman–Crippen LogP) is 1.73. The fourth-order valence-corrected chi connectivity index (χ4v) is 2.54. The van der Waals surface area contributed by atoms with Crippen LogP contribution in [0.25, 0.3) is 0 Å². The van der Waals surface area contributed by atoms with E-state index in [1.807, 2.05) is 0 Å². The van der Waals surface area contributed by atoms with Crippen LogP contribution in [0.1, 0.15) is 5.56 Å². The second-order valence-corrected chi connectivity index (χ2v) is 4.55. The summed E-state index contributed by atoms with van der Waals surface area (Å²) in [6.45, 7) is 1.77. The molecule has 2 N–H and O–H groups in total. The zero-order chi connectivity index (χ0) is 12.0. The third-order valence-electron chi connectivity index (χ3n) is 3.51. The lowest BCUT2D eigenvalue weighted by Crippen LogP contribution is -2.23. The quantitative estimate of drug-likeness (QED) is 0.830. The number of fused-ring (bicyclic) bond motifs is 1. The molecule has 0 spiro atoms. The molecule has 0 bridgehead atoms. The zero-order valence-electron chi connectivity index (χ0n) is 8.96. The van der Waals surface area contributed by atoms with Gasteiger partial charge in [-0.3, -0.25) is 0 Å². The summed E-state index contributed by atoms with van der Waals surface area (Å²) < 4.78 is 38.2. The van der Waals surface area contributed by atoms with E-state index in [-0.39, 0.29) is 11.9 Å². The summed E-state index contributed by atoms with van der Waals surface area (Å²) in [5.41, 5.74) is -0.682. The van der Waals surface area contributed by atoms with Crippen LogP contribution < -0.4 is 10.6 Å². The van der Waals surface area contributed by atoms with E-state index in [0.29, 0.717) is 11.8 Å². The molecular weight excluding hydrogens is 231 g/mol. The Balaban J connectivity index is 1.79. The lowest BCUT2D eigenvalue weighted by atomic mass is 10.2. The number of nitrogens with one attached hydrogen (secondary N) is 2. The number of aromatic nitrogens is 1. The Bertz CT molecular complexity index is 422. The predicted molar refractivity (Wildman–Crippen MR) is 56.5 cm³/mol. The number of rotatable bonds is 2. The van der Waals surface area contributed by atoms with Gasteiger partial charge < -0.3 is 10.6 Å². The van der Waals surface area contributed by atoms with Crippen LogP contribution in [0.4, 0.5) is 19.0 Å². The van der Waals surface area contributed by atoms with Crippen molar-refractivity contribution in [2.24, 2.45) is 11.8 Å². The Morgan fingerprint density at radius 2 is 2.00 bits per heavy atom. The first-order chi connectivity index (χ1) is 8.07. The van der Waals surface area contributed by atoms with E-state index in [2.05, 4.69) is 15.6 Å². The summed E-state index contributed by atoms with van der Waals surface area (Å²) in [4.78, 5) is 3.80. The monoisotopic (exact) mass is 243 g/mol. The summed E-state index contributed by atoms with van der Waals surface area (Å²) in [6, 6.07) is 2.52. The van der Waals surface area contributed by atoms with E-state index < -0.39 is 11.7 Å². The minimum atomic E-state index is -4.35. The van der Waals surface area contributed by atoms with Crippen LogP contribution in [0.15, 0.2) is 18.3 Å². The highest BCUT2D eigenvalue weighted by Gasteiger charge is 2.53. The van der Waals surface area contributed by atoms with E-state index in [9.17, 15) is 13.2 Å². The summed E-state index contributed by atoms with van der Waals surface area (Å²) in [5.74, 6) is 0.871. The average Bonchev–Trinajstić information content (AvgIpc) is 2.74. The minimum Gasteiger partial charge on any atom is -0.366 e. The molecule has 3 rings (SSSR count). The van der Waals surface area contributed by atoms with Gasteiger partial charge in [-0.05, 0) is 24.0 Å². The molecule has 2 unspecified atom stereocenters. The average molecular weight is 243 g/mol. The highest BCUT2D eigenvalue weighted by molar-refractivity contribution is 5.48. The van der Waals surface area contributed by atoms with Gasteiger partial charge in [0.15, 0.2) is 0 Å². The van der Waals surface area contributed by atoms with Crippen molar-refractivity contribution in [3.8, 4) is 0 Å². The van der Waals surface area contributed by atoms with Crippen molar-refractivity contribution in [2.75, 3.05) is 18.4 Å². The van der Waals surface area contributed by atoms with Crippen LogP contribution in [0.3, 0.4) is 0 Å². The lowest BCUT2D eigenvalue weighted by molar-refractivity contribution is -0.137. The molecule has 17 heavy (non-hydrogen) atoms. The van der Waals surface area contributed by atoms with Gasteiger partial charge in [-0.1, -0.05) is 0 Å². The molecule has 0 amide bonds. The molecule has 2 heterocycles. The smallest absolute Gasteiger partial charge is 0.366 e. The molecule has 2 aliphatic rings. The Hall–Kier alpha value is -1.30. The topological polar surface area (TPSA) is 37.0 Å². The van der Waals surface area contributed by atoms with Gasteiger partial charge in [-0.15, -0.1) is 0 Å². The van der Waals surface area contributed by atoms with Gasteiger partial charge in [0.2, 0.25) is 0 Å². The van der Waals surface area contributed by atoms with Gasteiger partial charge in [0, 0.05) is 25.3 Å². The Labute approximate surface area is 96.4 Å². The first-order valence-corrected chi connectivity index (χ1v) is 5.57. The molecule has 1 aromatic heterocycles. The SMILES string of the molecule is FC(F)(F)c1cccnc1NC1C2CNCC21. The van der Waals surface area contributed by atoms with Crippen molar-refractivity contribution in [3.63, 3.8) is 0 Å². The highest BCUT2D eigenvalue weighted by Crippen LogP contribution is 2.44. The molecule has 1 aliphatic heterocycles. The summed E-state index contributed by atoms with van der Waals surface area (Å²) in [5, 5.41) is 6.12. The number of hydrogen-bond acceptors (Lipinski definition) is 3. The van der Waals surface area contributed by atoms with Gasteiger partial charge in [-0.2, -0.15) is 13.2 Å². The Kier molecular flexibility index (Phi) is 2.29. The van der Waals surface area contributed by atoms with E-state index in [0.717, 1.165) is 19.2 Å². The maximum Gasteiger partial charge on any atom is 0.419 e. The zero-order valence-corrected chi connectivity index (χ0v) is 8.96. The number of nitrogens with zero attached hydrogens (tertiary/aromatic N) is 1. The van der Waals surface area contributed by atoms with Crippen LogP contribution in [0.5, 0.6) is 0 Å². The summed E-state index contributed by atoms with van der Waals surface area (Å²) in [7, 11) is 0. The van der Waals surface area contributed by atoms with Gasteiger partial charge in [0.1, 0.15) is 5.82 Å². The number of pyridine rings is 1. The van der Waals surface area contributed by atoms with E-state index in [4.69, 9.17) is 0 Å². The maximum atomic E-state index is 12.7. The molecule has 1 saturated heterocycles. The normalized spacial score (nSPS) is 31.1. The van der Waals surface area contributed by atoms with Crippen molar-refractivity contribution in [1.29, 1.82) is 0 Å². The van der Waals surface area contributed by atoms with Crippen molar-refractivity contribution in [3.05, 3.63) is 23.9 Å². The molecule has 0 aromatic carbocycles. The molecule has 6 heteroatoms. The number of halogens is 3. The fourth-order valence-electron chi connectivity index (χ4n) is 2.54. The van der Waals surface area contributed by atoms with Gasteiger partial charge >= 0.3 is 6.18 Å². The molecule has 1 aliphatic carbocycles. The van der Waals surface area contributed by atoms with Crippen molar-refractivity contribution in [1.82, 2.24) is 10.3 Å². The Morgan fingerprint density at radius 3 is 2.65 bits per heavy atom. The van der Waals surface area contributed by atoms with Gasteiger partial charge in [0.05, 0.1) is 5.56 Å². The molecule has 2 atom stereocenters. The number of piperidine rings is 1. The highest BCUT2D eigenvalue weighted by atomic mass is 19.4. The standard InChI is InChI=1S/C11H12F3N3/c12-11(13,14)8-2-1-3-16-10(8)17-9-6-4-15-5-7(6)9/h1-3,6-7,9,15H,4-5H2,(H,16,17). The molecule has 92 valence electrons. The first-order valence-electron chi connectivity index (χ1n) is 5.57. The van der Waals surface area contributed by atoms with E-state index in [1.54, 1.807) is 0 Å².